The smallest absolute Gasteiger partial charge is 0.246 e. The lowest BCUT2D eigenvalue weighted by Gasteiger charge is -2.32. The number of amides is 1. The molecule has 0 radical (unpaired) electrons. The van der Waals surface area contributed by atoms with Crippen LogP contribution in [0.15, 0.2) is 36.9 Å². The van der Waals surface area contributed by atoms with E-state index in [1.165, 1.54) is 6.08 Å². The number of benzene rings is 1. The second kappa shape index (κ2) is 5.34. The van der Waals surface area contributed by atoms with E-state index >= 15 is 0 Å². The highest BCUT2D eigenvalue weighted by Crippen LogP contribution is 2.24. The number of nitrogens with zero attached hydrogens (tertiary/aromatic N) is 1. The van der Waals surface area contributed by atoms with E-state index in [9.17, 15) is 4.79 Å². The molecular weight excluding hydrogens is 238 g/mol. The molecule has 2 rings (SSSR count). The maximum absolute atomic E-state index is 11.5. The molecule has 0 bridgehead atoms. The maximum atomic E-state index is 11.5. The fourth-order valence-electron chi connectivity index (χ4n) is 1.89. The van der Waals surface area contributed by atoms with Gasteiger partial charge in [-0.3, -0.25) is 4.79 Å². The maximum Gasteiger partial charge on any atom is 0.246 e. The summed E-state index contributed by atoms with van der Waals surface area (Å²) in [5.41, 5.74) is 0.999. The van der Waals surface area contributed by atoms with Crippen LogP contribution in [-0.2, 0) is 9.53 Å². The van der Waals surface area contributed by atoms with Gasteiger partial charge in [0.2, 0.25) is 5.91 Å². The van der Waals surface area contributed by atoms with Gasteiger partial charge in [-0.1, -0.05) is 30.3 Å². The number of hydrogen-bond acceptors (Lipinski definition) is 2. The molecule has 0 saturated carbocycles. The van der Waals surface area contributed by atoms with Crippen LogP contribution in [0.1, 0.15) is 11.7 Å². The van der Waals surface area contributed by atoms with Crippen LogP contribution >= 0.6 is 11.6 Å². The van der Waals surface area contributed by atoms with Crippen LogP contribution in [0, 0.1) is 0 Å². The molecular formula is C13H14ClNO2. The van der Waals surface area contributed by atoms with E-state index in [4.69, 9.17) is 16.3 Å². The first kappa shape index (κ1) is 12.1. The molecule has 1 heterocycles. The van der Waals surface area contributed by atoms with Crippen molar-refractivity contribution in [3.63, 3.8) is 0 Å². The topological polar surface area (TPSA) is 29.5 Å². The van der Waals surface area contributed by atoms with Gasteiger partial charge in [0.05, 0.1) is 13.2 Å². The van der Waals surface area contributed by atoms with Crippen LogP contribution in [0.25, 0.3) is 0 Å². The molecule has 90 valence electrons. The molecule has 4 heteroatoms. The van der Waals surface area contributed by atoms with Crippen molar-refractivity contribution in [1.29, 1.82) is 0 Å². The van der Waals surface area contributed by atoms with Crippen LogP contribution in [0.2, 0.25) is 5.02 Å². The summed E-state index contributed by atoms with van der Waals surface area (Å²) in [6.07, 6.45) is 1.23. The Morgan fingerprint density at radius 3 is 3.12 bits per heavy atom. The Kier molecular flexibility index (Phi) is 3.82. The minimum atomic E-state index is -0.105. The van der Waals surface area contributed by atoms with E-state index in [1.54, 1.807) is 4.90 Å². The van der Waals surface area contributed by atoms with E-state index in [-0.39, 0.29) is 12.0 Å². The van der Waals surface area contributed by atoms with E-state index in [2.05, 4.69) is 6.58 Å². The number of carbonyl (C=O) groups is 1. The third-order valence-electron chi connectivity index (χ3n) is 2.77. The summed E-state index contributed by atoms with van der Waals surface area (Å²) < 4.78 is 5.66. The van der Waals surface area contributed by atoms with Crippen LogP contribution in [0.5, 0.6) is 0 Å². The lowest BCUT2D eigenvalue weighted by atomic mass is 10.1. The summed E-state index contributed by atoms with van der Waals surface area (Å²) in [5, 5.41) is 0.679. The van der Waals surface area contributed by atoms with Gasteiger partial charge in [0.15, 0.2) is 0 Å². The minimum absolute atomic E-state index is 0.0553. The SMILES string of the molecule is C=CC(=O)N1CCOC(c2cccc(Cl)c2)C1. The standard InChI is InChI=1S/C13H14ClNO2/c1-2-13(16)15-6-7-17-12(9-15)10-4-3-5-11(14)8-10/h2-5,8,12H,1,6-7,9H2. The van der Waals surface area contributed by atoms with Crippen molar-refractivity contribution in [2.45, 2.75) is 6.10 Å². The van der Waals surface area contributed by atoms with Crippen LogP contribution in [-0.4, -0.2) is 30.5 Å². The number of morpholine rings is 1. The quantitative estimate of drug-likeness (QED) is 0.756. The predicted octanol–water partition coefficient (Wildman–Crippen LogP) is 2.43. The van der Waals surface area contributed by atoms with Crippen LogP contribution < -0.4 is 0 Å². The van der Waals surface area contributed by atoms with Crippen LogP contribution in [0.4, 0.5) is 0 Å². The summed E-state index contributed by atoms with van der Waals surface area (Å²) in [4.78, 5) is 13.3. The average molecular weight is 252 g/mol. The average Bonchev–Trinajstić information content (AvgIpc) is 2.38. The van der Waals surface area contributed by atoms with Crippen molar-refractivity contribution in [3.05, 3.63) is 47.5 Å². The van der Waals surface area contributed by atoms with Gasteiger partial charge in [0, 0.05) is 11.6 Å². The summed E-state index contributed by atoms with van der Waals surface area (Å²) in [6.45, 7) is 5.19. The molecule has 1 amide bonds. The molecule has 0 aliphatic carbocycles. The lowest BCUT2D eigenvalue weighted by molar-refractivity contribution is -0.133. The highest BCUT2D eigenvalue weighted by Gasteiger charge is 2.24. The number of rotatable bonds is 2. The van der Waals surface area contributed by atoms with E-state index < -0.39 is 0 Å². The third kappa shape index (κ3) is 2.87. The first-order valence-corrected chi connectivity index (χ1v) is 5.87. The van der Waals surface area contributed by atoms with E-state index in [1.807, 2.05) is 24.3 Å². The molecule has 1 aliphatic rings. The highest BCUT2D eigenvalue weighted by molar-refractivity contribution is 6.30. The Balaban J connectivity index is 2.12. The van der Waals surface area contributed by atoms with Crippen molar-refractivity contribution in [1.82, 2.24) is 4.90 Å². The summed E-state index contributed by atoms with van der Waals surface area (Å²) >= 11 is 5.94. The van der Waals surface area contributed by atoms with Gasteiger partial charge in [-0.25, -0.2) is 0 Å². The fraction of sp³-hybridized carbons (Fsp3) is 0.308. The molecule has 0 spiro atoms. The number of hydrogen-bond donors (Lipinski definition) is 0. The Bertz CT molecular complexity index is 433. The highest BCUT2D eigenvalue weighted by atomic mass is 35.5. The normalized spacial score (nSPS) is 20.1. The largest absolute Gasteiger partial charge is 0.370 e. The molecule has 1 saturated heterocycles. The van der Waals surface area contributed by atoms with E-state index in [0.717, 1.165) is 5.56 Å². The van der Waals surface area contributed by atoms with Crippen LogP contribution in [0.3, 0.4) is 0 Å². The first-order chi connectivity index (χ1) is 8.20. The molecule has 3 nitrogen and oxygen atoms in total. The molecule has 1 fully saturated rings. The lowest BCUT2D eigenvalue weighted by Crippen LogP contribution is -2.41. The third-order valence-corrected chi connectivity index (χ3v) is 3.01. The van der Waals surface area contributed by atoms with Gasteiger partial charge in [0.1, 0.15) is 6.10 Å². The molecule has 17 heavy (non-hydrogen) atoms. The summed E-state index contributed by atoms with van der Waals surface area (Å²) in [6, 6.07) is 7.53. The molecule has 1 aromatic rings. The van der Waals surface area contributed by atoms with Crippen molar-refractivity contribution < 1.29 is 9.53 Å². The van der Waals surface area contributed by atoms with Gasteiger partial charge >= 0.3 is 0 Å². The Hall–Kier alpha value is -1.32. The molecule has 0 N–H and O–H groups in total. The zero-order valence-corrected chi connectivity index (χ0v) is 10.2. The molecule has 1 unspecified atom stereocenters. The second-order valence-electron chi connectivity index (χ2n) is 3.90. The minimum Gasteiger partial charge on any atom is -0.370 e. The molecule has 0 aromatic heterocycles. The van der Waals surface area contributed by atoms with Crippen molar-refractivity contribution in [2.24, 2.45) is 0 Å². The van der Waals surface area contributed by atoms with Gasteiger partial charge in [-0.2, -0.15) is 0 Å². The fourth-order valence-corrected chi connectivity index (χ4v) is 2.09. The monoisotopic (exact) mass is 251 g/mol. The van der Waals surface area contributed by atoms with Gasteiger partial charge in [-0.15, -0.1) is 0 Å². The number of halogens is 1. The molecule has 1 aromatic carbocycles. The summed E-state index contributed by atoms with van der Waals surface area (Å²) in [7, 11) is 0. The van der Waals surface area contributed by atoms with Gasteiger partial charge in [0.25, 0.3) is 0 Å². The zero-order valence-electron chi connectivity index (χ0n) is 9.43. The van der Waals surface area contributed by atoms with Gasteiger partial charge < -0.3 is 9.64 Å². The Morgan fingerprint density at radius 2 is 2.41 bits per heavy atom. The first-order valence-electron chi connectivity index (χ1n) is 5.49. The second-order valence-corrected chi connectivity index (χ2v) is 4.34. The van der Waals surface area contributed by atoms with Gasteiger partial charge in [-0.05, 0) is 23.8 Å². The van der Waals surface area contributed by atoms with Crippen molar-refractivity contribution >= 4 is 17.5 Å². The Morgan fingerprint density at radius 1 is 1.59 bits per heavy atom. The zero-order chi connectivity index (χ0) is 12.3. The molecule has 1 aliphatic heterocycles. The number of carbonyl (C=O) groups excluding carboxylic acids is 1. The predicted molar refractivity (Wildman–Crippen MR) is 66.9 cm³/mol. The molecule has 1 atom stereocenters. The summed E-state index contributed by atoms with van der Waals surface area (Å²) in [5.74, 6) is -0.0553. The van der Waals surface area contributed by atoms with Crippen molar-refractivity contribution in [3.8, 4) is 0 Å². The van der Waals surface area contributed by atoms with Crippen molar-refractivity contribution in [2.75, 3.05) is 19.7 Å². The Labute approximate surface area is 106 Å². The van der Waals surface area contributed by atoms with E-state index in [0.29, 0.717) is 24.7 Å². The number of ether oxygens (including phenoxy) is 1.